The molecule has 0 saturated heterocycles. The van der Waals surface area contributed by atoms with Gasteiger partial charge in [0, 0.05) is 16.3 Å². The minimum atomic E-state index is -1.66. The van der Waals surface area contributed by atoms with Gasteiger partial charge in [0.05, 0.1) is 7.11 Å². The van der Waals surface area contributed by atoms with Gasteiger partial charge in [0.1, 0.15) is 17.3 Å². The SMILES string of the molecule is COC(=O)C(O)C(O)c1cccc2c1oc1ccccc12. The summed E-state index contributed by atoms with van der Waals surface area (Å²) in [5, 5.41) is 21.7. The summed E-state index contributed by atoms with van der Waals surface area (Å²) in [4.78, 5) is 11.4. The van der Waals surface area contributed by atoms with Crippen molar-refractivity contribution in [2.45, 2.75) is 12.2 Å². The lowest BCUT2D eigenvalue weighted by Crippen LogP contribution is -2.29. The molecule has 2 N–H and O–H groups in total. The lowest BCUT2D eigenvalue weighted by atomic mass is 10.0. The average Bonchev–Trinajstić information content (AvgIpc) is 2.91. The van der Waals surface area contributed by atoms with Gasteiger partial charge in [-0.1, -0.05) is 36.4 Å². The minimum absolute atomic E-state index is 0.349. The fourth-order valence-corrected chi connectivity index (χ4v) is 2.42. The van der Waals surface area contributed by atoms with E-state index in [1.165, 1.54) is 0 Å². The molecule has 0 saturated carbocycles. The smallest absolute Gasteiger partial charge is 0.337 e. The summed E-state index contributed by atoms with van der Waals surface area (Å²) in [6.45, 7) is 0. The van der Waals surface area contributed by atoms with E-state index in [0.29, 0.717) is 16.7 Å². The number of benzene rings is 2. The Morgan fingerprint density at radius 1 is 1.10 bits per heavy atom. The molecule has 0 spiro atoms. The zero-order valence-electron chi connectivity index (χ0n) is 11.3. The van der Waals surface area contributed by atoms with Gasteiger partial charge in [0.2, 0.25) is 0 Å². The summed E-state index contributed by atoms with van der Waals surface area (Å²) < 4.78 is 10.2. The number of hydrogen-bond acceptors (Lipinski definition) is 5. The van der Waals surface area contributed by atoms with Crippen molar-refractivity contribution >= 4 is 27.9 Å². The molecule has 5 nitrogen and oxygen atoms in total. The third kappa shape index (κ3) is 2.16. The molecule has 2 unspecified atom stereocenters. The van der Waals surface area contributed by atoms with E-state index >= 15 is 0 Å². The van der Waals surface area contributed by atoms with Crippen molar-refractivity contribution in [1.29, 1.82) is 0 Å². The Kier molecular flexibility index (Phi) is 3.37. The number of aliphatic hydroxyl groups excluding tert-OH is 2. The second kappa shape index (κ2) is 5.20. The van der Waals surface area contributed by atoms with E-state index in [-0.39, 0.29) is 0 Å². The Bertz CT molecular complexity index is 805. The molecule has 0 aliphatic rings. The Hall–Kier alpha value is -2.37. The highest BCUT2D eigenvalue weighted by Crippen LogP contribution is 2.34. The molecule has 0 aliphatic carbocycles. The van der Waals surface area contributed by atoms with Crippen LogP contribution >= 0.6 is 0 Å². The highest BCUT2D eigenvalue weighted by Gasteiger charge is 2.29. The Morgan fingerprint density at radius 3 is 2.57 bits per heavy atom. The van der Waals surface area contributed by atoms with E-state index in [9.17, 15) is 15.0 Å². The molecule has 2 aromatic carbocycles. The average molecular weight is 286 g/mol. The van der Waals surface area contributed by atoms with Gasteiger partial charge in [-0.3, -0.25) is 0 Å². The second-order valence-corrected chi connectivity index (χ2v) is 4.73. The van der Waals surface area contributed by atoms with Crippen LogP contribution in [0.5, 0.6) is 0 Å². The van der Waals surface area contributed by atoms with Crippen molar-refractivity contribution < 1.29 is 24.2 Å². The van der Waals surface area contributed by atoms with Gasteiger partial charge >= 0.3 is 5.97 Å². The zero-order chi connectivity index (χ0) is 15.0. The largest absolute Gasteiger partial charge is 0.467 e. The Morgan fingerprint density at radius 2 is 1.81 bits per heavy atom. The van der Waals surface area contributed by atoms with Gasteiger partial charge in [-0.2, -0.15) is 0 Å². The monoisotopic (exact) mass is 286 g/mol. The van der Waals surface area contributed by atoms with Crippen molar-refractivity contribution in [2.75, 3.05) is 7.11 Å². The van der Waals surface area contributed by atoms with Crippen molar-refractivity contribution in [3.8, 4) is 0 Å². The first kappa shape index (κ1) is 13.6. The van der Waals surface area contributed by atoms with Gasteiger partial charge in [0.15, 0.2) is 6.10 Å². The number of aliphatic hydroxyl groups is 2. The van der Waals surface area contributed by atoms with Crippen LogP contribution in [-0.2, 0) is 9.53 Å². The van der Waals surface area contributed by atoms with Crippen LogP contribution in [0.4, 0.5) is 0 Å². The number of fused-ring (bicyclic) bond motifs is 3. The predicted octanol–water partition coefficient (Wildman–Crippen LogP) is 2.15. The van der Waals surface area contributed by atoms with Crippen LogP contribution in [0.25, 0.3) is 21.9 Å². The summed E-state index contributed by atoms with van der Waals surface area (Å²) in [5.74, 6) is -0.893. The molecule has 21 heavy (non-hydrogen) atoms. The predicted molar refractivity (Wildman–Crippen MR) is 76.7 cm³/mol. The van der Waals surface area contributed by atoms with E-state index in [1.54, 1.807) is 12.1 Å². The molecule has 0 aliphatic heterocycles. The molecule has 108 valence electrons. The fraction of sp³-hybridized carbons (Fsp3) is 0.188. The first-order chi connectivity index (χ1) is 10.1. The summed E-state index contributed by atoms with van der Waals surface area (Å²) in [6.07, 6.45) is -3.07. The summed E-state index contributed by atoms with van der Waals surface area (Å²) in [6, 6.07) is 12.7. The van der Waals surface area contributed by atoms with Crippen LogP contribution in [-0.4, -0.2) is 29.4 Å². The number of para-hydroxylation sites is 2. The lowest BCUT2D eigenvalue weighted by molar-refractivity contribution is -0.156. The fourth-order valence-electron chi connectivity index (χ4n) is 2.42. The molecule has 0 fully saturated rings. The summed E-state index contributed by atoms with van der Waals surface area (Å²) in [7, 11) is 1.15. The zero-order valence-corrected chi connectivity index (χ0v) is 11.3. The van der Waals surface area contributed by atoms with Gasteiger partial charge in [-0.25, -0.2) is 4.79 Å². The van der Waals surface area contributed by atoms with Crippen LogP contribution in [0, 0.1) is 0 Å². The van der Waals surface area contributed by atoms with Gasteiger partial charge in [-0.05, 0) is 6.07 Å². The quantitative estimate of drug-likeness (QED) is 0.721. The van der Waals surface area contributed by atoms with E-state index in [4.69, 9.17) is 4.42 Å². The number of hydrogen-bond donors (Lipinski definition) is 2. The van der Waals surface area contributed by atoms with E-state index in [0.717, 1.165) is 17.9 Å². The summed E-state index contributed by atoms with van der Waals surface area (Å²) >= 11 is 0. The van der Waals surface area contributed by atoms with Crippen LogP contribution in [0.1, 0.15) is 11.7 Å². The van der Waals surface area contributed by atoms with Crippen molar-refractivity contribution in [3.05, 3.63) is 48.0 Å². The molecule has 0 bridgehead atoms. The van der Waals surface area contributed by atoms with Crippen molar-refractivity contribution in [1.82, 2.24) is 0 Å². The number of methoxy groups -OCH3 is 1. The minimum Gasteiger partial charge on any atom is -0.467 e. The number of furan rings is 1. The van der Waals surface area contributed by atoms with Crippen LogP contribution in [0.2, 0.25) is 0 Å². The molecular weight excluding hydrogens is 272 g/mol. The van der Waals surface area contributed by atoms with Crippen LogP contribution in [0.15, 0.2) is 46.9 Å². The molecule has 1 heterocycles. The standard InChI is InChI=1S/C16H14O5/c1-20-16(19)14(18)13(17)11-7-4-6-10-9-5-2-3-8-12(9)21-15(10)11/h2-8,13-14,17-18H,1H3. The maximum Gasteiger partial charge on any atom is 0.337 e. The molecule has 5 heteroatoms. The second-order valence-electron chi connectivity index (χ2n) is 4.73. The van der Waals surface area contributed by atoms with Crippen LogP contribution < -0.4 is 0 Å². The normalized spacial score (nSPS) is 14.2. The maximum atomic E-state index is 11.4. The van der Waals surface area contributed by atoms with Crippen LogP contribution in [0.3, 0.4) is 0 Å². The maximum absolute atomic E-state index is 11.4. The molecule has 2 atom stereocenters. The third-order valence-corrected chi connectivity index (χ3v) is 3.50. The van der Waals surface area contributed by atoms with E-state index < -0.39 is 18.2 Å². The molecular formula is C16H14O5. The highest BCUT2D eigenvalue weighted by molar-refractivity contribution is 6.06. The van der Waals surface area contributed by atoms with Gasteiger partial charge < -0.3 is 19.4 Å². The molecule has 0 radical (unpaired) electrons. The third-order valence-electron chi connectivity index (χ3n) is 3.50. The molecule has 3 rings (SSSR count). The van der Waals surface area contributed by atoms with E-state index in [2.05, 4.69) is 4.74 Å². The summed E-state index contributed by atoms with van der Waals surface area (Å²) in [5.41, 5.74) is 1.48. The first-order valence-corrected chi connectivity index (χ1v) is 6.47. The number of ether oxygens (including phenoxy) is 1. The van der Waals surface area contributed by atoms with Crippen molar-refractivity contribution in [2.24, 2.45) is 0 Å². The van der Waals surface area contributed by atoms with Crippen molar-refractivity contribution in [3.63, 3.8) is 0 Å². The first-order valence-electron chi connectivity index (χ1n) is 6.47. The van der Waals surface area contributed by atoms with E-state index in [1.807, 2.05) is 30.3 Å². The Balaban J connectivity index is 2.17. The highest BCUT2D eigenvalue weighted by atomic mass is 16.5. The number of carbonyl (C=O) groups excluding carboxylic acids is 1. The van der Waals surface area contributed by atoms with Gasteiger partial charge in [0.25, 0.3) is 0 Å². The molecule has 1 aromatic heterocycles. The number of carbonyl (C=O) groups is 1. The number of rotatable bonds is 3. The Labute approximate surface area is 120 Å². The number of esters is 1. The topological polar surface area (TPSA) is 79.9 Å². The molecule has 0 amide bonds. The van der Waals surface area contributed by atoms with Gasteiger partial charge in [-0.15, -0.1) is 0 Å². The lowest BCUT2D eigenvalue weighted by Gasteiger charge is -2.16. The molecule has 3 aromatic rings.